The molecule has 1 saturated carbocycles. The summed E-state index contributed by atoms with van der Waals surface area (Å²) in [5.41, 5.74) is -1.62. The maximum Gasteiger partial charge on any atom is 0.417 e. The Hall–Kier alpha value is -3.45. The second-order valence-corrected chi connectivity index (χ2v) is 9.40. The van der Waals surface area contributed by atoms with E-state index in [0.717, 1.165) is 0 Å². The Kier molecular flexibility index (Phi) is 7.05. The fraction of sp³-hybridized carbons (Fsp3) is 0.423. The zero-order valence-corrected chi connectivity index (χ0v) is 19.8. The summed E-state index contributed by atoms with van der Waals surface area (Å²) in [6.45, 7) is 4.30. The number of nitriles is 1. The molecule has 10 heteroatoms. The fourth-order valence-electron chi connectivity index (χ4n) is 4.31. The normalized spacial score (nSPS) is 21.8. The number of pyridine rings is 1. The van der Waals surface area contributed by atoms with Crippen LogP contribution in [0.2, 0.25) is 0 Å². The number of amides is 1. The van der Waals surface area contributed by atoms with Crippen molar-refractivity contribution in [3.05, 3.63) is 48.3 Å². The number of nitrogens with one attached hydrogen (secondary N) is 2. The smallest absolute Gasteiger partial charge is 0.379 e. The van der Waals surface area contributed by atoms with E-state index in [9.17, 15) is 22.4 Å². The highest BCUT2D eigenvalue weighted by Gasteiger charge is 2.50. The zero-order valence-electron chi connectivity index (χ0n) is 19.8. The molecule has 0 spiro atoms. The molecular formula is C26H27F4N5O. The maximum atomic E-state index is 14.7. The lowest BCUT2D eigenvalue weighted by atomic mass is 9.99. The highest BCUT2D eigenvalue weighted by atomic mass is 19.4. The van der Waals surface area contributed by atoms with E-state index >= 15 is 0 Å². The van der Waals surface area contributed by atoms with Crippen LogP contribution in [0.1, 0.15) is 30.7 Å². The molecule has 0 unspecified atom stereocenters. The summed E-state index contributed by atoms with van der Waals surface area (Å²) in [6.07, 6.45) is -1.17. The van der Waals surface area contributed by atoms with Gasteiger partial charge >= 0.3 is 6.18 Å². The van der Waals surface area contributed by atoms with Gasteiger partial charge in [0, 0.05) is 36.1 Å². The number of benzene rings is 1. The van der Waals surface area contributed by atoms with Gasteiger partial charge in [-0.15, -0.1) is 0 Å². The van der Waals surface area contributed by atoms with E-state index in [-0.39, 0.29) is 35.8 Å². The third-order valence-electron chi connectivity index (χ3n) is 6.68. The summed E-state index contributed by atoms with van der Waals surface area (Å²) in [4.78, 5) is 18.2. The van der Waals surface area contributed by atoms with E-state index in [0.29, 0.717) is 36.9 Å². The van der Waals surface area contributed by atoms with Crippen LogP contribution in [-0.4, -0.2) is 60.9 Å². The van der Waals surface area contributed by atoms with Gasteiger partial charge in [0.25, 0.3) is 0 Å². The highest BCUT2D eigenvalue weighted by molar-refractivity contribution is 6.01. The van der Waals surface area contributed by atoms with Crippen LogP contribution < -0.4 is 10.6 Å². The molecule has 6 nitrogen and oxygen atoms in total. The Bertz CT molecular complexity index is 1250. The molecule has 1 aliphatic heterocycles. The van der Waals surface area contributed by atoms with Crippen molar-refractivity contribution >= 4 is 34.0 Å². The molecule has 1 aromatic heterocycles. The standard InChI is InChI=1S/C26H27F4N5O/c1-16(26(28,29)30)23-18-6-3-7-21(34-22-8-12-35(2)14-20(22)27)19(18)13-17(33-23)5-4-11-32-24(36)25(15-31)9-10-25/h3-7,13,20,22,34H,1,8-12,14H2,2H3,(H,32,36)/b5-4+/t20-,22+/m0/s1. The third kappa shape index (κ3) is 5.36. The Morgan fingerprint density at radius 2 is 2.11 bits per heavy atom. The van der Waals surface area contributed by atoms with Gasteiger partial charge in [0.05, 0.1) is 29.1 Å². The van der Waals surface area contributed by atoms with Gasteiger partial charge < -0.3 is 15.5 Å². The van der Waals surface area contributed by atoms with Crippen LogP contribution >= 0.6 is 0 Å². The van der Waals surface area contributed by atoms with Crippen LogP contribution in [0.25, 0.3) is 22.4 Å². The number of aromatic nitrogens is 1. The molecule has 36 heavy (non-hydrogen) atoms. The van der Waals surface area contributed by atoms with Gasteiger partial charge in [-0.2, -0.15) is 18.4 Å². The van der Waals surface area contributed by atoms with Gasteiger partial charge in [0.2, 0.25) is 5.91 Å². The molecule has 2 fully saturated rings. The number of nitrogens with zero attached hydrogens (tertiary/aromatic N) is 3. The highest BCUT2D eigenvalue weighted by Crippen LogP contribution is 2.45. The average Bonchev–Trinajstić information content (AvgIpc) is 3.64. The number of piperidine rings is 1. The first-order valence-electron chi connectivity index (χ1n) is 11.7. The van der Waals surface area contributed by atoms with Crippen molar-refractivity contribution in [2.75, 3.05) is 32.0 Å². The second-order valence-electron chi connectivity index (χ2n) is 9.40. The van der Waals surface area contributed by atoms with Gasteiger partial charge in [0.15, 0.2) is 0 Å². The molecule has 2 aromatic rings. The molecule has 190 valence electrons. The van der Waals surface area contributed by atoms with Crippen LogP contribution in [-0.2, 0) is 4.79 Å². The van der Waals surface area contributed by atoms with E-state index in [2.05, 4.69) is 22.2 Å². The molecule has 1 amide bonds. The van der Waals surface area contributed by atoms with E-state index in [1.165, 1.54) is 12.1 Å². The number of rotatable bonds is 7. The van der Waals surface area contributed by atoms with Gasteiger partial charge in [-0.25, -0.2) is 9.37 Å². The SMILES string of the molecule is C=C(c1nc(/C=C/CNC(=O)C2(C#N)CC2)cc2c(N[C@@H]3CCN(C)C[C@@H]3F)cccc12)C(F)(F)F. The summed E-state index contributed by atoms with van der Waals surface area (Å²) < 4.78 is 55.5. The van der Waals surface area contributed by atoms with Gasteiger partial charge in [-0.3, -0.25) is 4.79 Å². The summed E-state index contributed by atoms with van der Waals surface area (Å²) in [5.74, 6) is -0.363. The molecule has 0 radical (unpaired) electrons. The Labute approximate surface area is 206 Å². The first kappa shape index (κ1) is 25.6. The molecule has 2 N–H and O–H groups in total. The minimum atomic E-state index is -4.69. The number of likely N-dealkylation sites (tertiary alicyclic amines) is 1. The van der Waals surface area contributed by atoms with E-state index in [4.69, 9.17) is 5.26 Å². The average molecular weight is 502 g/mol. The number of carbonyl (C=O) groups is 1. The number of allylic oxidation sites excluding steroid dienone is 1. The van der Waals surface area contributed by atoms with Crippen molar-refractivity contribution in [1.82, 2.24) is 15.2 Å². The summed E-state index contributed by atoms with van der Waals surface area (Å²) in [6, 6.07) is 8.01. The van der Waals surface area contributed by atoms with Crippen molar-refractivity contribution < 1.29 is 22.4 Å². The molecule has 2 atom stereocenters. The predicted molar refractivity (Wildman–Crippen MR) is 131 cm³/mol. The predicted octanol–water partition coefficient (Wildman–Crippen LogP) is 4.70. The van der Waals surface area contributed by atoms with E-state index in [1.54, 1.807) is 24.3 Å². The molecule has 4 rings (SSSR count). The van der Waals surface area contributed by atoms with Crippen LogP contribution in [0, 0.1) is 16.7 Å². The molecule has 1 aromatic carbocycles. The largest absolute Gasteiger partial charge is 0.417 e. The Balaban J connectivity index is 1.65. The lowest BCUT2D eigenvalue weighted by Gasteiger charge is -2.33. The van der Waals surface area contributed by atoms with Crippen molar-refractivity contribution in [2.45, 2.75) is 37.7 Å². The number of fused-ring (bicyclic) bond motifs is 1. The summed E-state index contributed by atoms with van der Waals surface area (Å²) in [5, 5.41) is 15.7. The molecule has 2 heterocycles. The first-order chi connectivity index (χ1) is 17.0. The third-order valence-corrected chi connectivity index (χ3v) is 6.68. The van der Waals surface area contributed by atoms with Crippen molar-refractivity contribution in [2.24, 2.45) is 5.41 Å². The monoisotopic (exact) mass is 501 g/mol. The number of hydrogen-bond acceptors (Lipinski definition) is 5. The van der Waals surface area contributed by atoms with Gasteiger partial charge in [-0.1, -0.05) is 24.8 Å². The lowest BCUT2D eigenvalue weighted by molar-refractivity contribution is -0.124. The number of anilines is 1. The van der Waals surface area contributed by atoms with Crippen molar-refractivity contribution in [3.63, 3.8) is 0 Å². The second kappa shape index (κ2) is 9.90. The van der Waals surface area contributed by atoms with Gasteiger partial charge in [0.1, 0.15) is 11.6 Å². The lowest BCUT2D eigenvalue weighted by Crippen LogP contribution is -2.46. The topological polar surface area (TPSA) is 81.0 Å². The molecule has 1 aliphatic carbocycles. The van der Waals surface area contributed by atoms with Crippen LogP contribution in [0.5, 0.6) is 0 Å². The quantitative estimate of drug-likeness (QED) is 0.538. The van der Waals surface area contributed by atoms with Crippen molar-refractivity contribution in [1.29, 1.82) is 5.26 Å². The minimum Gasteiger partial charge on any atom is -0.379 e. The summed E-state index contributed by atoms with van der Waals surface area (Å²) in [7, 11) is 1.84. The van der Waals surface area contributed by atoms with E-state index < -0.39 is 29.4 Å². The molecule has 1 saturated heterocycles. The van der Waals surface area contributed by atoms with Crippen molar-refractivity contribution in [3.8, 4) is 6.07 Å². The minimum absolute atomic E-state index is 0.0938. The Morgan fingerprint density at radius 3 is 2.75 bits per heavy atom. The van der Waals surface area contributed by atoms with E-state index in [1.807, 2.05) is 18.0 Å². The van der Waals surface area contributed by atoms with Crippen LogP contribution in [0.3, 0.4) is 0 Å². The fourth-order valence-corrected chi connectivity index (χ4v) is 4.31. The summed E-state index contributed by atoms with van der Waals surface area (Å²) >= 11 is 0. The first-order valence-corrected chi connectivity index (χ1v) is 11.7. The maximum absolute atomic E-state index is 14.7. The zero-order chi connectivity index (χ0) is 26.1. The number of carbonyl (C=O) groups excluding carboxylic acids is 1. The number of alkyl halides is 4. The molecule has 2 aliphatic rings. The van der Waals surface area contributed by atoms with Crippen LogP contribution in [0.4, 0.5) is 23.2 Å². The molecular weight excluding hydrogens is 474 g/mol. The molecule has 0 bridgehead atoms. The van der Waals surface area contributed by atoms with Crippen LogP contribution in [0.15, 0.2) is 36.9 Å². The number of halogens is 4. The Morgan fingerprint density at radius 1 is 1.36 bits per heavy atom. The number of hydrogen-bond donors (Lipinski definition) is 2. The van der Waals surface area contributed by atoms with Gasteiger partial charge in [-0.05, 0) is 44.5 Å².